The third-order valence-corrected chi connectivity index (χ3v) is 5.10. The molecule has 1 saturated heterocycles. The van der Waals surface area contributed by atoms with E-state index >= 15 is 0 Å². The SMILES string of the molecule is O=C(NC1CCCC1)N1CCCC(c2nnc3ccccn23)C1. The van der Waals surface area contributed by atoms with Gasteiger partial charge in [0.2, 0.25) is 0 Å². The van der Waals surface area contributed by atoms with Crippen LogP contribution >= 0.6 is 0 Å². The summed E-state index contributed by atoms with van der Waals surface area (Å²) in [5.41, 5.74) is 0.870. The Kier molecular flexibility index (Phi) is 3.89. The average molecular weight is 313 g/mol. The maximum atomic E-state index is 12.5. The minimum absolute atomic E-state index is 0.0930. The van der Waals surface area contributed by atoms with Gasteiger partial charge in [0.05, 0.1) is 0 Å². The first kappa shape index (κ1) is 14.5. The summed E-state index contributed by atoms with van der Waals surface area (Å²) in [5.74, 6) is 1.23. The lowest BCUT2D eigenvalue weighted by molar-refractivity contribution is 0.174. The van der Waals surface area contributed by atoms with Crippen molar-refractivity contribution < 1.29 is 4.79 Å². The average Bonchev–Trinajstić information content (AvgIpc) is 3.24. The quantitative estimate of drug-likeness (QED) is 0.927. The molecule has 6 nitrogen and oxygen atoms in total. The molecule has 2 amide bonds. The van der Waals surface area contributed by atoms with Gasteiger partial charge >= 0.3 is 6.03 Å². The van der Waals surface area contributed by atoms with Crippen molar-refractivity contribution in [2.75, 3.05) is 13.1 Å². The molecule has 0 radical (unpaired) electrons. The lowest BCUT2D eigenvalue weighted by Crippen LogP contribution is -2.47. The van der Waals surface area contributed by atoms with Gasteiger partial charge in [-0.3, -0.25) is 4.40 Å². The van der Waals surface area contributed by atoms with Crippen LogP contribution in [0.1, 0.15) is 50.3 Å². The number of hydrogen-bond donors (Lipinski definition) is 1. The number of piperidine rings is 1. The first-order chi connectivity index (χ1) is 11.3. The zero-order valence-corrected chi connectivity index (χ0v) is 13.3. The van der Waals surface area contributed by atoms with Gasteiger partial charge < -0.3 is 10.2 Å². The van der Waals surface area contributed by atoms with Gasteiger partial charge in [0.25, 0.3) is 0 Å². The summed E-state index contributed by atoms with van der Waals surface area (Å²) in [6.45, 7) is 1.57. The van der Waals surface area contributed by atoms with Gasteiger partial charge in [-0.2, -0.15) is 0 Å². The van der Waals surface area contributed by atoms with E-state index in [9.17, 15) is 4.79 Å². The number of nitrogens with zero attached hydrogens (tertiary/aromatic N) is 4. The van der Waals surface area contributed by atoms with Crippen molar-refractivity contribution in [3.63, 3.8) is 0 Å². The molecule has 2 aliphatic rings. The van der Waals surface area contributed by atoms with Crippen molar-refractivity contribution >= 4 is 11.7 Å². The van der Waals surface area contributed by atoms with E-state index < -0.39 is 0 Å². The van der Waals surface area contributed by atoms with E-state index in [1.54, 1.807) is 0 Å². The molecule has 1 N–H and O–H groups in total. The van der Waals surface area contributed by atoms with E-state index in [1.165, 1.54) is 12.8 Å². The van der Waals surface area contributed by atoms with Crippen molar-refractivity contribution in [1.29, 1.82) is 0 Å². The highest BCUT2D eigenvalue weighted by molar-refractivity contribution is 5.74. The van der Waals surface area contributed by atoms with Gasteiger partial charge in [0, 0.05) is 31.2 Å². The van der Waals surface area contributed by atoms with Crippen LogP contribution in [0, 0.1) is 0 Å². The second-order valence-electron chi connectivity index (χ2n) is 6.70. The van der Waals surface area contributed by atoms with E-state index in [1.807, 2.05) is 33.7 Å². The smallest absolute Gasteiger partial charge is 0.317 e. The number of aromatic nitrogens is 3. The first-order valence-corrected chi connectivity index (χ1v) is 8.66. The summed E-state index contributed by atoms with van der Waals surface area (Å²) in [6, 6.07) is 6.39. The Balaban J connectivity index is 1.47. The van der Waals surface area contributed by atoms with Gasteiger partial charge in [-0.1, -0.05) is 18.9 Å². The molecule has 3 heterocycles. The fourth-order valence-corrected chi connectivity index (χ4v) is 3.85. The van der Waals surface area contributed by atoms with Crippen LogP contribution in [0.15, 0.2) is 24.4 Å². The molecule has 2 aromatic heterocycles. The van der Waals surface area contributed by atoms with Crippen molar-refractivity contribution in [1.82, 2.24) is 24.8 Å². The van der Waals surface area contributed by atoms with Gasteiger partial charge in [-0.05, 0) is 37.8 Å². The van der Waals surface area contributed by atoms with Crippen LogP contribution in [0.5, 0.6) is 0 Å². The van der Waals surface area contributed by atoms with Crippen LogP contribution < -0.4 is 5.32 Å². The number of carbonyl (C=O) groups excluding carboxylic acids is 1. The number of hydrogen-bond acceptors (Lipinski definition) is 3. The molecule has 2 fully saturated rings. The highest BCUT2D eigenvalue weighted by Crippen LogP contribution is 2.26. The first-order valence-electron chi connectivity index (χ1n) is 8.66. The van der Waals surface area contributed by atoms with E-state index in [2.05, 4.69) is 15.5 Å². The number of urea groups is 1. The maximum Gasteiger partial charge on any atom is 0.317 e. The number of nitrogens with one attached hydrogen (secondary N) is 1. The fourth-order valence-electron chi connectivity index (χ4n) is 3.85. The Hall–Kier alpha value is -2.11. The molecule has 6 heteroatoms. The number of likely N-dealkylation sites (tertiary alicyclic amines) is 1. The summed E-state index contributed by atoms with van der Waals surface area (Å²) < 4.78 is 2.04. The van der Waals surface area contributed by atoms with Gasteiger partial charge in [0.15, 0.2) is 5.65 Å². The zero-order valence-electron chi connectivity index (χ0n) is 13.3. The molecule has 0 spiro atoms. The predicted molar refractivity (Wildman–Crippen MR) is 87.3 cm³/mol. The molecule has 1 aliphatic carbocycles. The lowest BCUT2D eigenvalue weighted by atomic mass is 9.97. The second-order valence-corrected chi connectivity index (χ2v) is 6.70. The number of fused-ring (bicyclic) bond motifs is 1. The number of rotatable bonds is 2. The molecular formula is C17H23N5O. The van der Waals surface area contributed by atoms with Crippen LogP contribution in [0.25, 0.3) is 5.65 Å². The normalized spacial score (nSPS) is 22.6. The second kappa shape index (κ2) is 6.18. The molecule has 122 valence electrons. The fraction of sp³-hybridized carbons (Fsp3) is 0.588. The summed E-state index contributed by atoms with van der Waals surface area (Å²) in [5, 5.41) is 11.8. The molecule has 2 aromatic rings. The van der Waals surface area contributed by atoms with Crippen LogP contribution in [0.2, 0.25) is 0 Å². The van der Waals surface area contributed by atoms with Crippen LogP contribution in [0.4, 0.5) is 4.79 Å². The van der Waals surface area contributed by atoms with Crippen LogP contribution in [-0.4, -0.2) is 44.7 Å². The number of amides is 2. The molecule has 1 saturated carbocycles. The minimum Gasteiger partial charge on any atom is -0.335 e. The highest BCUT2D eigenvalue weighted by atomic mass is 16.2. The monoisotopic (exact) mass is 313 g/mol. The third-order valence-electron chi connectivity index (χ3n) is 5.10. The molecule has 23 heavy (non-hydrogen) atoms. The van der Waals surface area contributed by atoms with Gasteiger partial charge in [0.1, 0.15) is 5.82 Å². The van der Waals surface area contributed by atoms with E-state index in [-0.39, 0.29) is 11.9 Å². The molecule has 0 bridgehead atoms. The molecule has 0 aromatic carbocycles. The predicted octanol–water partition coefficient (Wildman–Crippen LogP) is 2.56. The Morgan fingerprint density at radius 3 is 2.87 bits per heavy atom. The lowest BCUT2D eigenvalue weighted by Gasteiger charge is -2.32. The number of carbonyl (C=O) groups is 1. The van der Waals surface area contributed by atoms with E-state index in [0.717, 1.165) is 50.2 Å². The Bertz CT molecular complexity index is 691. The van der Waals surface area contributed by atoms with Crippen LogP contribution in [0.3, 0.4) is 0 Å². The molecule has 1 aliphatic heterocycles. The Morgan fingerprint density at radius 1 is 1.13 bits per heavy atom. The van der Waals surface area contributed by atoms with E-state index in [4.69, 9.17) is 0 Å². The topological polar surface area (TPSA) is 62.5 Å². The summed E-state index contributed by atoms with van der Waals surface area (Å²) in [7, 11) is 0. The van der Waals surface area contributed by atoms with Gasteiger partial charge in [-0.25, -0.2) is 4.79 Å². The standard InChI is InChI=1S/C17H23N5O/c23-17(18-14-7-1-2-8-14)21-10-5-6-13(12-21)16-20-19-15-9-3-4-11-22(15)16/h3-4,9,11,13-14H,1-2,5-8,10,12H2,(H,18,23). The summed E-state index contributed by atoms with van der Waals surface area (Å²) in [6.07, 6.45) is 8.80. The summed E-state index contributed by atoms with van der Waals surface area (Å²) >= 11 is 0. The maximum absolute atomic E-state index is 12.5. The van der Waals surface area contributed by atoms with E-state index in [0.29, 0.717) is 6.04 Å². The molecule has 1 unspecified atom stereocenters. The Morgan fingerprint density at radius 2 is 2.00 bits per heavy atom. The van der Waals surface area contributed by atoms with Gasteiger partial charge in [-0.15, -0.1) is 10.2 Å². The molecule has 1 atom stereocenters. The number of pyridine rings is 1. The molecular weight excluding hydrogens is 290 g/mol. The van der Waals surface area contributed by atoms with Crippen LogP contribution in [-0.2, 0) is 0 Å². The Labute approximate surface area is 135 Å². The zero-order chi connectivity index (χ0) is 15.6. The third kappa shape index (κ3) is 2.90. The van der Waals surface area contributed by atoms with Crippen molar-refractivity contribution in [3.05, 3.63) is 30.2 Å². The van der Waals surface area contributed by atoms with Crippen molar-refractivity contribution in [2.45, 2.75) is 50.5 Å². The summed E-state index contributed by atoms with van der Waals surface area (Å²) in [4.78, 5) is 14.5. The minimum atomic E-state index is 0.0930. The van der Waals surface area contributed by atoms with Crippen molar-refractivity contribution in [3.8, 4) is 0 Å². The largest absolute Gasteiger partial charge is 0.335 e. The highest BCUT2D eigenvalue weighted by Gasteiger charge is 2.29. The van der Waals surface area contributed by atoms with Crippen molar-refractivity contribution in [2.24, 2.45) is 0 Å². The molecule has 4 rings (SSSR count).